The van der Waals surface area contributed by atoms with E-state index in [2.05, 4.69) is 9.72 Å². The molecule has 0 unspecified atom stereocenters. The van der Waals surface area contributed by atoms with Gasteiger partial charge in [0, 0.05) is 17.3 Å². The number of aromatic nitrogens is 2. The molecule has 0 spiro atoms. The smallest absolute Gasteiger partial charge is 0.306 e. The third-order valence-electron chi connectivity index (χ3n) is 2.25. The second-order valence-electron chi connectivity index (χ2n) is 3.25. The van der Waals surface area contributed by atoms with Crippen molar-refractivity contribution in [2.24, 2.45) is 0 Å². The predicted molar refractivity (Wildman–Crippen MR) is 66.3 cm³/mol. The van der Waals surface area contributed by atoms with Crippen LogP contribution in [-0.2, 0) is 16.1 Å². The Bertz CT molecular complexity index is 521. The molecular formula is C10H12N2O3S2. The van der Waals surface area contributed by atoms with Crippen molar-refractivity contribution < 1.29 is 14.6 Å². The lowest BCUT2D eigenvalue weighted by Crippen LogP contribution is -2.01. The minimum Gasteiger partial charge on any atom is -0.469 e. The van der Waals surface area contributed by atoms with Crippen molar-refractivity contribution in [3.63, 3.8) is 0 Å². The molecule has 0 amide bonds. The molecule has 0 saturated carbocycles. The van der Waals surface area contributed by atoms with Crippen LogP contribution in [0.25, 0.3) is 4.96 Å². The van der Waals surface area contributed by atoms with Gasteiger partial charge in [-0.2, -0.15) is 0 Å². The Morgan fingerprint density at radius 2 is 2.53 bits per heavy atom. The van der Waals surface area contributed by atoms with E-state index in [4.69, 9.17) is 0 Å². The van der Waals surface area contributed by atoms with Crippen molar-refractivity contribution in [3.05, 3.63) is 17.3 Å². The van der Waals surface area contributed by atoms with E-state index in [0.717, 1.165) is 15.7 Å². The van der Waals surface area contributed by atoms with Gasteiger partial charge in [-0.3, -0.25) is 9.20 Å². The Kier molecular flexibility index (Phi) is 4.03. The lowest BCUT2D eigenvalue weighted by molar-refractivity contribution is -0.140. The second-order valence-corrected chi connectivity index (χ2v) is 5.21. The average Bonchev–Trinajstić information content (AvgIpc) is 2.88. The van der Waals surface area contributed by atoms with Crippen LogP contribution < -0.4 is 0 Å². The summed E-state index contributed by atoms with van der Waals surface area (Å²) >= 11 is 2.98. The molecule has 2 aromatic rings. The molecule has 0 fully saturated rings. The van der Waals surface area contributed by atoms with E-state index in [1.165, 1.54) is 30.2 Å². The number of aliphatic hydroxyl groups excluding tert-OH is 1. The molecule has 0 radical (unpaired) electrons. The molecule has 0 aliphatic rings. The fourth-order valence-electron chi connectivity index (χ4n) is 1.41. The van der Waals surface area contributed by atoms with Crippen molar-refractivity contribution in [2.45, 2.75) is 18.1 Å². The molecule has 0 atom stereocenters. The number of aliphatic hydroxyl groups is 1. The van der Waals surface area contributed by atoms with Crippen LogP contribution in [0.5, 0.6) is 0 Å². The number of carbonyl (C=O) groups is 1. The highest BCUT2D eigenvalue weighted by atomic mass is 32.2. The van der Waals surface area contributed by atoms with E-state index in [1.807, 2.05) is 16.0 Å². The van der Waals surface area contributed by atoms with Gasteiger partial charge in [0.25, 0.3) is 0 Å². The van der Waals surface area contributed by atoms with Crippen LogP contribution in [0.1, 0.15) is 12.1 Å². The highest BCUT2D eigenvalue weighted by molar-refractivity contribution is 7.99. The monoisotopic (exact) mass is 272 g/mol. The summed E-state index contributed by atoms with van der Waals surface area (Å²) in [6, 6.07) is 0. The molecule has 1 N–H and O–H groups in total. The topological polar surface area (TPSA) is 63.8 Å². The number of hydrogen-bond acceptors (Lipinski definition) is 6. The molecule has 0 aromatic carbocycles. The molecule has 0 saturated heterocycles. The second kappa shape index (κ2) is 5.52. The van der Waals surface area contributed by atoms with Crippen molar-refractivity contribution in [2.75, 3.05) is 12.9 Å². The molecule has 92 valence electrons. The van der Waals surface area contributed by atoms with E-state index >= 15 is 0 Å². The first-order valence-electron chi connectivity index (χ1n) is 5.01. The summed E-state index contributed by atoms with van der Waals surface area (Å²) in [5.41, 5.74) is 0.774. The van der Waals surface area contributed by atoms with Crippen LogP contribution in [0.15, 0.2) is 16.6 Å². The molecule has 2 aromatic heterocycles. The van der Waals surface area contributed by atoms with Gasteiger partial charge in [-0.05, 0) is 0 Å². The van der Waals surface area contributed by atoms with Gasteiger partial charge in [0.15, 0.2) is 4.96 Å². The first kappa shape index (κ1) is 12.4. The summed E-state index contributed by atoms with van der Waals surface area (Å²) in [5.74, 6) is 0.369. The minimum atomic E-state index is -0.232. The standard InChI is InChI=1S/C10H12N2O3S2/c1-15-8(14)2-4-16-9-7(6-13)12-3-5-17-10(12)11-9/h3,5,13H,2,4,6H2,1H3. The van der Waals surface area contributed by atoms with Gasteiger partial charge >= 0.3 is 5.97 Å². The van der Waals surface area contributed by atoms with Crippen molar-refractivity contribution in [1.29, 1.82) is 0 Å². The number of thiazole rings is 1. The van der Waals surface area contributed by atoms with E-state index in [9.17, 15) is 9.90 Å². The quantitative estimate of drug-likeness (QED) is 0.661. The van der Waals surface area contributed by atoms with Gasteiger partial charge in [0.05, 0.1) is 25.8 Å². The van der Waals surface area contributed by atoms with Crippen molar-refractivity contribution >= 4 is 34.0 Å². The molecule has 17 heavy (non-hydrogen) atoms. The normalized spacial score (nSPS) is 10.9. The summed E-state index contributed by atoms with van der Waals surface area (Å²) in [7, 11) is 1.37. The Morgan fingerprint density at radius 3 is 3.24 bits per heavy atom. The number of carbonyl (C=O) groups excluding carboxylic acids is 1. The van der Waals surface area contributed by atoms with Crippen LogP contribution in [0.3, 0.4) is 0 Å². The maximum Gasteiger partial charge on any atom is 0.306 e. The van der Waals surface area contributed by atoms with Gasteiger partial charge in [0.1, 0.15) is 5.03 Å². The van der Waals surface area contributed by atoms with Crippen LogP contribution in [0.4, 0.5) is 0 Å². The van der Waals surface area contributed by atoms with E-state index < -0.39 is 0 Å². The highest BCUT2D eigenvalue weighted by Gasteiger charge is 2.13. The van der Waals surface area contributed by atoms with Gasteiger partial charge in [-0.25, -0.2) is 4.98 Å². The van der Waals surface area contributed by atoms with Crippen LogP contribution >= 0.6 is 23.1 Å². The van der Waals surface area contributed by atoms with E-state index in [1.54, 1.807) is 0 Å². The van der Waals surface area contributed by atoms with Gasteiger partial charge in [-0.15, -0.1) is 23.1 Å². The third kappa shape index (κ3) is 2.62. The van der Waals surface area contributed by atoms with E-state index in [0.29, 0.717) is 12.2 Å². The predicted octanol–water partition coefficient (Wildman–Crippen LogP) is 1.54. The summed E-state index contributed by atoms with van der Waals surface area (Å²) in [4.78, 5) is 16.2. The summed E-state index contributed by atoms with van der Waals surface area (Å²) < 4.78 is 6.43. The zero-order valence-corrected chi connectivity index (χ0v) is 10.9. The minimum absolute atomic E-state index is 0.0571. The SMILES string of the molecule is COC(=O)CCSc1nc2sccn2c1CO. The Hall–Kier alpha value is -1.05. The van der Waals surface area contributed by atoms with Crippen LogP contribution in [0.2, 0.25) is 0 Å². The number of rotatable bonds is 5. The maximum absolute atomic E-state index is 11.0. The maximum atomic E-state index is 11.0. The summed E-state index contributed by atoms with van der Waals surface area (Å²) in [6.45, 7) is -0.0571. The van der Waals surface area contributed by atoms with Gasteiger partial charge < -0.3 is 9.84 Å². The zero-order valence-electron chi connectivity index (χ0n) is 9.25. The van der Waals surface area contributed by atoms with Crippen LogP contribution in [-0.4, -0.2) is 33.3 Å². The largest absolute Gasteiger partial charge is 0.469 e. The summed E-state index contributed by atoms with van der Waals surface area (Å²) in [5, 5.41) is 12.0. The Balaban J connectivity index is 2.07. The third-order valence-corrected chi connectivity index (χ3v) is 4.01. The number of nitrogens with zero attached hydrogens (tertiary/aromatic N) is 2. The number of hydrogen-bond donors (Lipinski definition) is 1. The summed E-state index contributed by atoms with van der Waals surface area (Å²) in [6.07, 6.45) is 2.22. The Labute approximate surface area is 106 Å². The molecule has 0 aliphatic carbocycles. The van der Waals surface area contributed by atoms with Gasteiger partial charge in [-0.1, -0.05) is 0 Å². The number of ether oxygens (including phenoxy) is 1. The molecule has 0 bridgehead atoms. The first-order chi connectivity index (χ1) is 8.26. The van der Waals surface area contributed by atoms with Gasteiger partial charge in [0.2, 0.25) is 0 Å². The number of methoxy groups -OCH3 is 1. The molecule has 2 heterocycles. The van der Waals surface area contributed by atoms with Crippen LogP contribution in [0, 0.1) is 0 Å². The molecule has 0 aliphatic heterocycles. The van der Waals surface area contributed by atoms with Crippen molar-refractivity contribution in [3.8, 4) is 0 Å². The number of esters is 1. The fourth-order valence-corrected chi connectivity index (χ4v) is 3.14. The first-order valence-corrected chi connectivity index (χ1v) is 6.87. The Morgan fingerprint density at radius 1 is 1.71 bits per heavy atom. The van der Waals surface area contributed by atoms with E-state index in [-0.39, 0.29) is 12.6 Å². The highest BCUT2D eigenvalue weighted by Crippen LogP contribution is 2.26. The lowest BCUT2D eigenvalue weighted by atomic mass is 10.5. The average molecular weight is 272 g/mol. The molecular weight excluding hydrogens is 260 g/mol. The number of imidazole rings is 1. The molecule has 2 rings (SSSR count). The molecule has 5 nitrogen and oxygen atoms in total. The fraction of sp³-hybridized carbons (Fsp3) is 0.400. The lowest BCUT2D eigenvalue weighted by Gasteiger charge is -2.00. The zero-order chi connectivity index (χ0) is 12.3. The molecule has 7 heteroatoms. The van der Waals surface area contributed by atoms with Crippen molar-refractivity contribution in [1.82, 2.24) is 9.38 Å². The number of thioether (sulfide) groups is 1. The number of fused-ring (bicyclic) bond motifs is 1.